The third-order valence-corrected chi connectivity index (χ3v) is 4.79. The second kappa shape index (κ2) is 5.29. The quantitative estimate of drug-likeness (QED) is 0.592. The van der Waals surface area contributed by atoms with E-state index in [-0.39, 0.29) is 5.41 Å². The molecule has 0 N–H and O–H groups in total. The van der Waals surface area contributed by atoms with Gasteiger partial charge in [0.05, 0.1) is 12.1 Å². The van der Waals surface area contributed by atoms with Gasteiger partial charge in [-0.1, -0.05) is 20.8 Å². The van der Waals surface area contributed by atoms with Crippen molar-refractivity contribution < 1.29 is 14.0 Å². The topological polar surface area (TPSA) is 45.7 Å². The number of rotatable bonds is 1. The minimum absolute atomic E-state index is 0.111. The van der Waals surface area contributed by atoms with Crippen molar-refractivity contribution in [3.63, 3.8) is 0 Å². The summed E-state index contributed by atoms with van der Waals surface area (Å²) in [7, 11) is 2.84. The second-order valence-corrected chi connectivity index (χ2v) is 6.90. The molecule has 1 aromatic rings. The number of carbonyl (C=O) groups is 1. The lowest BCUT2D eigenvalue weighted by atomic mass is 9.98. The number of hydroxylamine groups is 2. The smallest absolute Gasteiger partial charge is 0.287 e. The maximum absolute atomic E-state index is 14.6. The van der Waals surface area contributed by atoms with Crippen LogP contribution < -0.4 is 0 Å². The molecule has 2 rings (SSSR count). The lowest BCUT2D eigenvalue weighted by Crippen LogP contribution is -2.44. The molecule has 1 unspecified atom stereocenters. The first-order valence-corrected chi connectivity index (χ1v) is 7.30. The Morgan fingerprint density at radius 1 is 1.55 bits per heavy atom. The van der Waals surface area contributed by atoms with Crippen LogP contribution in [-0.4, -0.2) is 41.7 Å². The van der Waals surface area contributed by atoms with Gasteiger partial charge in [0, 0.05) is 30.3 Å². The Balaban J connectivity index is 2.27. The van der Waals surface area contributed by atoms with Crippen LogP contribution >= 0.6 is 11.3 Å². The van der Waals surface area contributed by atoms with Crippen molar-refractivity contribution in [2.75, 3.05) is 20.7 Å². The summed E-state index contributed by atoms with van der Waals surface area (Å²) >= 11 is 1.54. The summed E-state index contributed by atoms with van der Waals surface area (Å²) in [5.41, 5.74) is 0.268. The van der Waals surface area contributed by atoms with Crippen molar-refractivity contribution in [2.24, 2.45) is 0 Å². The van der Waals surface area contributed by atoms with E-state index in [4.69, 9.17) is 4.84 Å². The molecule has 1 aromatic heterocycles. The van der Waals surface area contributed by atoms with Crippen LogP contribution in [0.15, 0.2) is 0 Å². The maximum atomic E-state index is 14.6. The molecule has 0 fully saturated rings. The highest BCUT2D eigenvalue weighted by Crippen LogP contribution is 2.38. The van der Waals surface area contributed by atoms with Crippen molar-refractivity contribution in [2.45, 2.75) is 38.9 Å². The number of aromatic nitrogens is 1. The summed E-state index contributed by atoms with van der Waals surface area (Å²) in [6.45, 7) is 6.48. The number of hydrogen-bond donors (Lipinski definition) is 0. The average molecular weight is 301 g/mol. The van der Waals surface area contributed by atoms with E-state index >= 15 is 0 Å². The molecular formula is C13H20FN3O2S. The summed E-state index contributed by atoms with van der Waals surface area (Å²) < 4.78 is 14.6. The Morgan fingerprint density at radius 3 is 2.75 bits per heavy atom. The fourth-order valence-electron chi connectivity index (χ4n) is 1.98. The Kier molecular flexibility index (Phi) is 4.02. The van der Waals surface area contributed by atoms with Gasteiger partial charge in [0.25, 0.3) is 0 Å². The summed E-state index contributed by atoms with van der Waals surface area (Å²) in [6.07, 6.45) is -0.872. The highest BCUT2D eigenvalue weighted by molar-refractivity contribution is 7.11. The lowest BCUT2D eigenvalue weighted by Gasteiger charge is -2.31. The standard InChI is InChI=1S/C13H20FN3O2S/c1-13(2,3)11-15-9-8(20-11)6-7-17(10(9)14)12(18)16(4)19-5/h10H,6-7H2,1-5H3. The van der Waals surface area contributed by atoms with Crippen molar-refractivity contribution in [1.82, 2.24) is 14.9 Å². The fraction of sp³-hybridized carbons (Fsp3) is 0.692. The zero-order valence-electron chi connectivity index (χ0n) is 12.4. The molecule has 2 heterocycles. The van der Waals surface area contributed by atoms with E-state index in [0.29, 0.717) is 18.7 Å². The number of carbonyl (C=O) groups excluding carboxylic acids is 1. The zero-order chi connectivity index (χ0) is 15.1. The van der Waals surface area contributed by atoms with Crippen LogP contribution in [0, 0.1) is 0 Å². The van der Waals surface area contributed by atoms with Crippen molar-refractivity contribution in [3.05, 3.63) is 15.6 Å². The predicted octanol–water partition coefficient (Wildman–Crippen LogP) is 2.88. The molecule has 1 aliphatic heterocycles. The Hall–Kier alpha value is -1.21. The third kappa shape index (κ3) is 2.64. The molecule has 0 aromatic carbocycles. The highest BCUT2D eigenvalue weighted by Gasteiger charge is 2.36. The van der Waals surface area contributed by atoms with Crippen LogP contribution in [-0.2, 0) is 16.7 Å². The molecule has 7 heteroatoms. The van der Waals surface area contributed by atoms with E-state index in [1.807, 2.05) is 20.8 Å². The Bertz CT molecular complexity index is 512. The minimum atomic E-state index is -1.50. The first-order valence-electron chi connectivity index (χ1n) is 6.48. The number of amides is 2. The number of alkyl halides is 1. The molecule has 0 saturated carbocycles. The summed E-state index contributed by atoms with van der Waals surface area (Å²) in [6, 6.07) is -0.490. The molecule has 0 saturated heterocycles. The van der Waals surface area contributed by atoms with Crippen molar-refractivity contribution >= 4 is 17.4 Å². The van der Waals surface area contributed by atoms with Gasteiger partial charge in [-0.3, -0.25) is 9.74 Å². The van der Waals surface area contributed by atoms with Gasteiger partial charge in [0.15, 0.2) is 0 Å². The van der Waals surface area contributed by atoms with Gasteiger partial charge in [-0.05, 0) is 0 Å². The highest BCUT2D eigenvalue weighted by atomic mass is 32.1. The van der Waals surface area contributed by atoms with Crippen molar-refractivity contribution in [1.29, 1.82) is 0 Å². The van der Waals surface area contributed by atoms with E-state index in [9.17, 15) is 9.18 Å². The van der Waals surface area contributed by atoms with E-state index in [0.717, 1.165) is 19.8 Å². The van der Waals surface area contributed by atoms with Gasteiger partial charge in [0.2, 0.25) is 6.30 Å². The minimum Gasteiger partial charge on any atom is -0.287 e. The zero-order valence-corrected chi connectivity index (χ0v) is 13.3. The molecular weight excluding hydrogens is 281 g/mol. The monoisotopic (exact) mass is 301 g/mol. The first kappa shape index (κ1) is 15.2. The molecule has 0 aliphatic carbocycles. The number of fused-ring (bicyclic) bond motifs is 1. The molecule has 112 valence electrons. The van der Waals surface area contributed by atoms with Crippen LogP contribution in [0.25, 0.3) is 0 Å². The van der Waals surface area contributed by atoms with E-state index < -0.39 is 12.3 Å². The van der Waals surface area contributed by atoms with Gasteiger partial charge >= 0.3 is 6.03 Å². The molecule has 5 nitrogen and oxygen atoms in total. The maximum Gasteiger partial charge on any atom is 0.346 e. The number of nitrogens with zero attached hydrogens (tertiary/aromatic N) is 3. The summed E-state index contributed by atoms with van der Waals surface area (Å²) in [4.78, 5) is 23.3. The van der Waals surface area contributed by atoms with Gasteiger partial charge in [-0.15, -0.1) is 11.3 Å². The van der Waals surface area contributed by atoms with Gasteiger partial charge in [-0.2, -0.15) is 0 Å². The number of hydrogen-bond acceptors (Lipinski definition) is 4. The Morgan fingerprint density at radius 2 is 2.20 bits per heavy atom. The number of halogens is 1. The average Bonchev–Trinajstić information content (AvgIpc) is 2.82. The lowest BCUT2D eigenvalue weighted by molar-refractivity contribution is -0.0859. The van der Waals surface area contributed by atoms with Crippen LogP contribution in [0.5, 0.6) is 0 Å². The summed E-state index contributed by atoms with van der Waals surface area (Å²) in [5.74, 6) is 0. The molecule has 0 bridgehead atoms. The van der Waals surface area contributed by atoms with E-state index in [1.165, 1.54) is 25.5 Å². The fourth-order valence-corrected chi connectivity index (χ4v) is 3.11. The van der Waals surface area contributed by atoms with Crippen LogP contribution in [0.3, 0.4) is 0 Å². The van der Waals surface area contributed by atoms with Gasteiger partial charge in [0.1, 0.15) is 5.69 Å². The van der Waals surface area contributed by atoms with Crippen molar-refractivity contribution in [3.8, 4) is 0 Å². The van der Waals surface area contributed by atoms with Crippen LogP contribution in [0.1, 0.15) is 42.6 Å². The predicted molar refractivity (Wildman–Crippen MR) is 75.2 cm³/mol. The normalized spacial score (nSPS) is 18.9. The SMILES string of the molecule is CON(C)C(=O)N1CCc2sc(C(C)(C)C)nc2C1F. The van der Waals surface area contributed by atoms with E-state index in [2.05, 4.69) is 4.98 Å². The molecule has 0 spiro atoms. The molecule has 20 heavy (non-hydrogen) atoms. The first-order chi connectivity index (χ1) is 9.25. The molecule has 2 amide bonds. The van der Waals surface area contributed by atoms with Gasteiger partial charge < -0.3 is 0 Å². The van der Waals surface area contributed by atoms with Crippen LogP contribution in [0.2, 0.25) is 0 Å². The largest absolute Gasteiger partial charge is 0.346 e. The Labute approximate surface area is 122 Å². The molecule has 1 atom stereocenters. The molecule has 0 radical (unpaired) electrons. The van der Waals surface area contributed by atoms with Crippen LogP contribution in [0.4, 0.5) is 9.18 Å². The number of thiazole rings is 1. The second-order valence-electron chi connectivity index (χ2n) is 5.82. The summed E-state index contributed by atoms with van der Waals surface area (Å²) in [5, 5.41) is 1.92. The molecule has 1 aliphatic rings. The van der Waals surface area contributed by atoms with Gasteiger partial charge in [-0.25, -0.2) is 19.2 Å². The number of urea groups is 1. The van der Waals surface area contributed by atoms with E-state index in [1.54, 1.807) is 0 Å². The third-order valence-electron chi connectivity index (χ3n) is 3.24.